The van der Waals surface area contributed by atoms with Crippen LogP contribution < -0.4 is 19.2 Å². The molecule has 0 aliphatic heterocycles. The maximum absolute atomic E-state index is 12.9. The zero-order chi connectivity index (χ0) is 22.9. The summed E-state index contributed by atoms with van der Waals surface area (Å²) in [5.74, 6) is -0.0167. The molecule has 0 fully saturated rings. The van der Waals surface area contributed by atoms with E-state index in [1.165, 1.54) is 14.0 Å². The minimum Gasteiger partial charge on any atom is -0.497 e. The summed E-state index contributed by atoms with van der Waals surface area (Å²) in [4.78, 5) is 25.1. The van der Waals surface area contributed by atoms with Gasteiger partial charge in [0.2, 0.25) is 15.9 Å². The predicted octanol–water partition coefficient (Wildman–Crippen LogP) is 3.45. The summed E-state index contributed by atoms with van der Waals surface area (Å²) in [7, 11) is -2.27. The predicted molar refractivity (Wildman–Crippen MR) is 125 cm³/mol. The monoisotopic (exact) mass is 463 g/mol. The highest BCUT2D eigenvalue weighted by Gasteiger charge is 2.29. The van der Waals surface area contributed by atoms with E-state index in [0.717, 1.165) is 32.1 Å². The lowest BCUT2D eigenvalue weighted by Crippen LogP contribution is -2.45. The van der Waals surface area contributed by atoms with Crippen molar-refractivity contribution in [2.75, 3.05) is 23.0 Å². The van der Waals surface area contributed by atoms with E-state index >= 15 is 0 Å². The van der Waals surface area contributed by atoms with Gasteiger partial charge in [-0.25, -0.2) is 8.42 Å². The summed E-state index contributed by atoms with van der Waals surface area (Å²) < 4.78 is 33.6. The molecule has 0 aliphatic rings. The SMILES string of the molecule is COc1cccc(N([C@@H](C)C(=O)Nc2ccc3c(c2)sc(=O)n3C(C)C)S(C)(=O)=O)c1. The fourth-order valence-electron chi connectivity index (χ4n) is 3.41. The molecule has 3 aromatic rings. The Morgan fingerprint density at radius 3 is 2.48 bits per heavy atom. The van der Waals surface area contributed by atoms with E-state index in [1.807, 2.05) is 13.8 Å². The number of fused-ring (bicyclic) bond motifs is 1. The quantitative estimate of drug-likeness (QED) is 0.579. The van der Waals surface area contributed by atoms with Crippen LogP contribution in [0.4, 0.5) is 11.4 Å². The van der Waals surface area contributed by atoms with Gasteiger partial charge in [0.05, 0.1) is 29.3 Å². The first-order chi connectivity index (χ1) is 14.5. The molecule has 8 nitrogen and oxygen atoms in total. The molecule has 31 heavy (non-hydrogen) atoms. The number of carbonyl (C=O) groups is 1. The van der Waals surface area contributed by atoms with Crippen LogP contribution in [0.5, 0.6) is 5.75 Å². The average molecular weight is 464 g/mol. The van der Waals surface area contributed by atoms with Gasteiger partial charge in [-0.3, -0.25) is 18.5 Å². The van der Waals surface area contributed by atoms with Gasteiger partial charge in [0.25, 0.3) is 0 Å². The molecule has 0 saturated carbocycles. The molecule has 1 aromatic heterocycles. The largest absolute Gasteiger partial charge is 0.497 e. The number of hydrogen-bond donors (Lipinski definition) is 1. The zero-order valence-electron chi connectivity index (χ0n) is 17.9. The van der Waals surface area contributed by atoms with Gasteiger partial charge in [-0.05, 0) is 51.1 Å². The van der Waals surface area contributed by atoms with Crippen molar-refractivity contribution in [2.24, 2.45) is 0 Å². The van der Waals surface area contributed by atoms with Gasteiger partial charge in [-0.1, -0.05) is 17.4 Å². The molecule has 1 heterocycles. The Balaban J connectivity index is 1.91. The molecule has 2 aromatic carbocycles. The first-order valence-corrected chi connectivity index (χ1v) is 12.3. The number of rotatable bonds is 7. The molecule has 0 bridgehead atoms. The molecular weight excluding hydrogens is 438 g/mol. The number of ether oxygens (including phenoxy) is 1. The molecule has 0 radical (unpaired) electrons. The summed E-state index contributed by atoms with van der Waals surface area (Å²) >= 11 is 1.10. The first-order valence-electron chi connectivity index (χ1n) is 9.62. The molecule has 3 rings (SSSR count). The van der Waals surface area contributed by atoms with E-state index in [2.05, 4.69) is 5.32 Å². The smallest absolute Gasteiger partial charge is 0.308 e. The van der Waals surface area contributed by atoms with Crippen molar-refractivity contribution in [3.8, 4) is 5.75 Å². The number of benzene rings is 2. The van der Waals surface area contributed by atoms with Crippen molar-refractivity contribution in [1.29, 1.82) is 0 Å². The van der Waals surface area contributed by atoms with Gasteiger partial charge >= 0.3 is 4.87 Å². The third-order valence-corrected chi connectivity index (χ3v) is 6.95. The Labute approximate surface area is 185 Å². The number of nitrogens with one attached hydrogen (secondary N) is 1. The third-order valence-electron chi connectivity index (χ3n) is 4.79. The van der Waals surface area contributed by atoms with E-state index in [1.54, 1.807) is 47.0 Å². The van der Waals surface area contributed by atoms with Crippen molar-refractivity contribution >= 4 is 48.9 Å². The summed E-state index contributed by atoms with van der Waals surface area (Å²) in [6.45, 7) is 5.38. The molecule has 0 aliphatic carbocycles. The second-order valence-corrected chi connectivity index (χ2v) is 10.3. The van der Waals surface area contributed by atoms with Crippen LogP contribution in [0.15, 0.2) is 47.3 Å². The molecule has 10 heteroatoms. The maximum Gasteiger partial charge on any atom is 0.308 e. The average Bonchev–Trinajstić information content (AvgIpc) is 3.02. The van der Waals surface area contributed by atoms with Gasteiger partial charge in [0, 0.05) is 17.8 Å². The van der Waals surface area contributed by atoms with Gasteiger partial charge in [-0.15, -0.1) is 0 Å². The molecule has 0 spiro atoms. The van der Waals surface area contributed by atoms with Crippen LogP contribution in [0.2, 0.25) is 0 Å². The van der Waals surface area contributed by atoms with Crippen LogP contribution in [0.1, 0.15) is 26.8 Å². The molecule has 0 saturated heterocycles. The number of thiazole rings is 1. The zero-order valence-corrected chi connectivity index (χ0v) is 19.6. The van der Waals surface area contributed by atoms with Crippen LogP contribution in [0, 0.1) is 0 Å². The number of methoxy groups -OCH3 is 1. The summed E-state index contributed by atoms with van der Waals surface area (Å²) in [6, 6.07) is 10.7. The van der Waals surface area contributed by atoms with Crippen molar-refractivity contribution in [3.63, 3.8) is 0 Å². The number of carbonyl (C=O) groups excluding carboxylic acids is 1. The Morgan fingerprint density at radius 1 is 1.16 bits per heavy atom. The number of aromatic nitrogens is 1. The van der Waals surface area contributed by atoms with Crippen LogP contribution in [0.3, 0.4) is 0 Å². The van der Waals surface area contributed by atoms with Crippen molar-refractivity contribution in [3.05, 3.63) is 52.1 Å². The number of nitrogens with zero attached hydrogens (tertiary/aromatic N) is 2. The molecular formula is C21H25N3O5S2. The summed E-state index contributed by atoms with van der Waals surface area (Å²) in [5, 5.41) is 2.76. The van der Waals surface area contributed by atoms with Crippen LogP contribution in [-0.4, -0.2) is 38.3 Å². The van der Waals surface area contributed by atoms with Gasteiger partial charge in [0.1, 0.15) is 11.8 Å². The molecule has 0 unspecified atom stereocenters. The van der Waals surface area contributed by atoms with Crippen molar-refractivity contribution in [1.82, 2.24) is 4.57 Å². The summed E-state index contributed by atoms with van der Waals surface area (Å²) in [5.41, 5.74) is 1.61. The second-order valence-electron chi connectivity index (χ2n) is 7.44. The Hall–Kier alpha value is -2.85. The number of amides is 1. The van der Waals surface area contributed by atoms with E-state index in [0.29, 0.717) is 17.1 Å². The Morgan fingerprint density at radius 2 is 1.87 bits per heavy atom. The normalized spacial score (nSPS) is 12.7. The van der Waals surface area contributed by atoms with E-state index < -0.39 is 22.0 Å². The standard InChI is InChI=1S/C21H25N3O5S2/c1-13(2)23-18-10-9-15(11-19(18)30-21(23)26)22-20(25)14(3)24(31(5,27)28)16-7-6-8-17(12-16)29-4/h6-14H,1-5H3,(H,22,25)/t14-/m0/s1. The van der Waals surface area contributed by atoms with E-state index in [4.69, 9.17) is 4.74 Å². The lowest BCUT2D eigenvalue weighted by molar-refractivity contribution is -0.116. The van der Waals surface area contributed by atoms with Gasteiger partial charge in [0.15, 0.2) is 0 Å². The van der Waals surface area contributed by atoms with Crippen molar-refractivity contribution in [2.45, 2.75) is 32.9 Å². The Bertz CT molecular complexity index is 1280. The first kappa shape index (κ1) is 22.8. The number of hydrogen-bond acceptors (Lipinski definition) is 6. The fraction of sp³-hybridized carbons (Fsp3) is 0.333. The van der Waals surface area contributed by atoms with E-state index in [9.17, 15) is 18.0 Å². The lowest BCUT2D eigenvalue weighted by Gasteiger charge is -2.28. The molecule has 1 atom stereocenters. The van der Waals surface area contributed by atoms with Crippen LogP contribution in [-0.2, 0) is 14.8 Å². The van der Waals surface area contributed by atoms with Crippen molar-refractivity contribution < 1.29 is 17.9 Å². The van der Waals surface area contributed by atoms with Gasteiger partial charge in [-0.2, -0.15) is 0 Å². The lowest BCUT2D eigenvalue weighted by atomic mass is 10.2. The van der Waals surface area contributed by atoms with Gasteiger partial charge < -0.3 is 10.1 Å². The minimum absolute atomic E-state index is 0.0212. The third kappa shape index (κ3) is 4.75. The van der Waals surface area contributed by atoms with Crippen LogP contribution >= 0.6 is 11.3 Å². The highest BCUT2D eigenvalue weighted by molar-refractivity contribution is 7.92. The van der Waals surface area contributed by atoms with E-state index in [-0.39, 0.29) is 10.9 Å². The number of anilines is 2. The topological polar surface area (TPSA) is 97.7 Å². The summed E-state index contributed by atoms with van der Waals surface area (Å²) in [6.07, 6.45) is 1.05. The van der Waals surface area contributed by atoms with Crippen LogP contribution in [0.25, 0.3) is 10.2 Å². The number of sulfonamides is 1. The highest BCUT2D eigenvalue weighted by Crippen LogP contribution is 2.27. The fourth-order valence-corrected chi connectivity index (χ4v) is 5.63. The molecule has 166 valence electrons. The maximum atomic E-state index is 12.9. The minimum atomic E-state index is -3.75. The Kier molecular flexibility index (Phi) is 6.42. The molecule has 1 N–H and O–H groups in total. The highest BCUT2D eigenvalue weighted by atomic mass is 32.2. The second kappa shape index (κ2) is 8.72. The molecule has 1 amide bonds.